The molecule has 0 aromatic heterocycles. The van der Waals surface area contributed by atoms with Gasteiger partial charge < -0.3 is 9.94 Å². The minimum atomic E-state index is -0.0240. The molecule has 0 saturated heterocycles. The molecule has 0 bridgehead atoms. The first kappa shape index (κ1) is 6.85. The second kappa shape index (κ2) is 3.05. The van der Waals surface area contributed by atoms with E-state index < -0.39 is 0 Å². The van der Waals surface area contributed by atoms with Crippen molar-refractivity contribution in [2.75, 3.05) is 0 Å². The van der Waals surface area contributed by atoms with Crippen LogP contribution in [0.5, 0.6) is 11.5 Å². The summed E-state index contributed by atoms with van der Waals surface area (Å²) in [7, 11) is 0. The van der Waals surface area contributed by atoms with Crippen molar-refractivity contribution in [3.8, 4) is 11.5 Å². The highest BCUT2D eigenvalue weighted by molar-refractivity contribution is 5.37. The predicted molar refractivity (Wildman–Crippen MR) is 33.7 cm³/mol. The molecular formula is C6H7NO3. The van der Waals surface area contributed by atoms with Gasteiger partial charge in [-0.1, -0.05) is 12.1 Å². The van der Waals surface area contributed by atoms with Crippen LogP contribution in [0.15, 0.2) is 24.3 Å². The molecule has 54 valence electrons. The van der Waals surface area contributed by atoms with Crippen LogP contribution in [0.2, 0.25) is 0 Å². The molecule has 4 nitrogen and oxygen atoms in total. The maximum atomic E-state index is 8.97. The lowest BCUT2D eigenvalue weighted by Gasteiger charge is -2.01. The van der Waals surface area contributed by atoms with Gasteiger partial charge in [0.15, 0.2) is 11.5 Å². The normalized spacial score (nSPS) is 9.30. The van der Waals surface area contributed by atoms with Crippen LogP contribution in [0.25, 0.3) is 0 Å². The number of aromatic hydroxyl groups is 1. The van der Waals surface area contributed by atoms with Crippen LogP contribution >= 0.6 is 0 Å². The van der Waals surface area contributed by atoms with E-state index in [-0.39, 0.29) is 11.5 Å². The van der Waals surface area contributed by atoms with E-state index in [0.717, 1.165) is 0 Å². The first-order valence-electron chi connectivity index (χ1n) is 2.68. The Hall–Kier alpha value is -1.26. The molecular weight excluding hydrogens is 134 g/mol. The van der Waals surface area contributed by atoms with Crippen molar-refractivity contribution in [2.45, 2.75) is 0 Å². The third-order valence-electron chi connectivity index (χ3n) is 1.02. The molecule has 0 fully saturated rings. The maximum Gasteiger partial charge on any atom is 0.191 e. The second-order valence-electron chi connectivity index (χ2n) is 1.66. The van der Waals surface area contributed by atoms with Crippen LogP contribution in [0, 0.1) is 0 Å². The molecule has 0 atom stereocenters. The number of hydrogen-bond acceptors (Lipinski definition) is 4. The summed E-state index contributed by atoms with van der Waals surface area (Å²) in [6, 6.07) is 6.29. The molecule has 0 aliphatic heterocycles. The predicted octanol–water partition coefficient (Wildman–Crippen LogP) is 0.665. The number of benzene rings is 1. The first-order valence-corrected chi connectivity index (χ1v) is 2.68. The van der Waals surface area contributed by atoms with Gasteiger partial charge in [-0.05, 0) is 17.8 Å². The lowest BCUT2D eigenvalue weighted by molar-refractivity contribution is -0.0450. The Morgan fingerprint density at radius 1 is 1.30 bits per heavy atom. The van der Waals surface area contributed by atoms with Crippen LogP contribution in [0.1, 0.15) is 0 Å². The SMILES string of the molecule is ONOc1ccccc1O. The molecule has 0 amide bonds. The summed E-state index contributed by atoms with van der Waals surface area (Å²) in [6.45, 7) is 0. The van der Waals surface area contributed by atoms with Crippen molar-refractivity contribution >= 4 is 0 Å². The van der Waals surface area contributed by atoms with Crippen LogP contribution in [0.3, 0.4) is 0 Å². The molecule has 3 N–H and O–H groups in total. The molecule has 1 rings (SSSR count). The molecule has 4 heteroatoms. The Balaban J connectivity index is 2.81. The number of phenols is 1. The molecule has 0 saturated carbocycles. The van der Waals surface area contributed by atoms with Crippen molar-refractivity contribution in [1.82, 2.24) is 5.64 Å². The molecule has 10 heavy (non-hydrogen) atoms. The molecule has 0 heterocycles. The highest BCUT2D eigenvalue weighted by Crippen LogP contribution is 2.22. The molecule has 1 aromatic carbocycles. The van der Waals surface area contributed by atoms with Gasteiger partial charge >= 0.3 is 0 Å². The van der Waals surface area contributed by atoms with Crippen molar-refractivity contribution in [3.63, 3.8) is 0 Å². The molecule has 0 spiro atoms. The lowest BCUT2D eigenvalue weighted by atomic mass is 10.3. The van der Waals surface area contributed by atoms with Crippen LogP contribution in [-0.4, -0.2) is 10.3 Å². The van der Waals surface area contributed by atoms with Gasteiger partial charge in [0, 0.05) is 0 Å². The van der Waals surface area contributed by atoms with Crippen molar-refractivity contribution in [2.24, 2.45) is 0 Å². The van der Waals surface area contributed by atoms with E-state index in [4.69, 9.17) is 10.3 Å². The minimum Gasteiger partial charge on any atom is -0.504 e. The second-order valence-corrected chi connectivity index (χ2v) is 1.66. The number of hydrogen-bond donors (Lipinski definition) is 3. The number of phenolic OH excluding ortho intramolecular Hbond substituents is 1. The van der Waals surface area contributed by atoms with Gasteiger partial charge in [0.25, 0.3) is 0 Å². The molecule has 0 unspecified atom stereocenters. The summed E-state index contributed by atoms with van der Waals surface area (Å²) in [4.78, 5) is 4.39. The van der Waals surface area contributed by atoms with Gasteiger partial charge in [-0.25, -0.2) is 0 Å². The van der Waals surface area contributed by atoms with E-state index in [1.165, 1.54) is 17.8 Å². The largest absolute Gasteiger partial charge is 0.504 e. The molecule has 1 aromatic rings. The lowest BCUT2D eigenvalue weighted by Crippen LogP contribution is -2.11. The Kier molecular flexibility index (Phi) is 2.09. The van der Waals surface area contributed by atoms with Gasteiger partial charge in [0.2, 0.25) is 0 Å². The highest BCUT2D eigenvalue weighted by Gasteiger charge is 1.97. The zero-order chi connectivity index (χ0) is 7.40. The minimum absolute atomic E-state index is 0.0240. The Morgan fingerprint density at radius 3 is 2.60 bits per heavy atom. The van der Waals surface area contributed by atoms with Gasteiger partial charge in [-0.15, -0.1) is 0 Å². The summed E-state index contributed by atoms with van der Waals surface area (Å²) in [5, 5.41) is 17.0. The number of para-hydroxylation sites is 2. The average Bonchev–Trinajstić information content (AvgIpc) is 1.94. The average molecular weight is 141 g/mol. The first-order chi connectivity index (χ1) is 4.84. The topological polar surface area (TPSA) is 61.7 Å². The Bertz CT molecular complexity index is 214. The van der Waals surface area contributed by atoms with Gasteiger partial charge in [-0.2, -0.15) is 0 Å². The summed E-state index contributed by atoms with van der Waals surface area (Å²) >= 11 is 0. The van der Waals surface area contributed by atoms with Gasteiger partial charge in [-0.3, -0.25) is 5.21 Å². The third-order valence-corrected chi connectivity index (χ3v) is 1.02. The number of nitrogens with one attached hydrogen (secondary N) is 1. The van der Waals surface area contributed by atoms with E-state index in [1.54, 1.807) is 12.1 Å². The van der Waals surface area contributed by atoms with E-state index in [1.807, 2.05) is 0 Å². The summed E-state index contributed by atoms with van der Waals surface area (Å²) < 4.78 is 0. The van der Waals surface area contributed by atoms with E-state index in [0.29, 0.717) is 0 Å². The van der Waals surface area contributed by atoms with Crippen molar-refractivity contribution in [1.29, 1.82) is 0 Å². The maximum absolute atomic E-state index is 8.97. The van der Waals surface area contributed by atoms with Crippen molar-refractivity contribution < 1.29 is 15.2 Å². The zero-order valence-corrected chi connectivity index (χ0v) is 5.11. The molecule has 0 radical (unpaired) electrons. The fourth-order valence-electron chi connectivity index (χ4n) is 0.593. The fourth-order valence-corrected chi connectivity index (χ4v) is 0.593. The van der Waals surface area contributed by atoms with Gasteiger partial charge in [0.1, 0.15) is 0 Å². The summed E-state index contributed by atoms with van der Waals surface area (Å²) in [6.07, 6.45) is 0. The number of rotatable bonds is 2. The fraction of sp³-hybridized carbons (Fsp3) is 0. The molecule has 0 aliphatic carbocycles. The Labute approximate surface area is 57.6 Å². The standard InChI is InChI=1S/C6H7NO3/c8-5-3-1-2-4-6(5)10-7-9/h1-4,7-9H. The summed E-state index contributed by atoms with van der Waals surface area (Å²) in [5.74, 6) is 0.161. The van der Waals surface area contributed by atoms with Crippen LogP contribution < -0.4 is 10.5 Å². The van der Waals surface area contributed by atoms with E-state index >= 15 is 0 Å². The smallest absolute Gasteiger partial charge is 0.191 e. The van der Waals surface area contributed by atoms with Crippen LogP contribution in [-0.2, 0) is 0 Å². The third kappa shape index (κ3) is 1.37. The van der Waals surface area contributed by atoms with Crippen LogP contribution in [0.4, 0.5) is 0 Å². The highest BCUT2D eigenvalue weighted by atomic mass is 16.8. The molecule has 0 aliphatic rings. The quantitative estimate of drug-likeness (QED) is 0.529. The van der Waals surface area contributed by atoms with Crippen molar-refractivity contribution in [3.05, 3.63) is 24.3 Å². The summed E-state index contributed by atoms with van der Waals surface area (Å²) in [5.41, 5.74) is 1.46. The van der Waals surface area contributed by atoms with E-state index in [9.17, 15) is 0 Å². The monoisotopic (exact) mass is 141 g/mol. The zero-order valence-electron chi connectivity index (χ0n) is 5.11. The van der Waals surface area contributed by atoms with Gasteiger partial charge in [0.05, 0.1) is 0 Å². The Morgan fingerprint density at radius 2 is 2.00 bits per heavy atom. The van der Waals surface area contributed by atoms with E-state index in [2.05, 4.69) is 4.84 Å².